The van der Waals surface area contributed by atoms with Gasteiger partial charge >= 0.3 is 0 Å². The molecule has 0 aromatic heterocycles. The number of carbonyl (C=O) groups is 1. The Bertz CT molecular complexity index is 738. The lowest BCUT2D eigenvalue weighted by molar-refractivity contribution is -0.129. The molecule has 124 valence electrons. The zero-order valence-electron chi connectivity index (χ0n) is 14.0. The Morgan fingerprint density at radius 1 is 1.29 bits per heavy atom. The molecule has 1 amide bonds. The predicted molar refractivity (Wildman–Crippen MR) is 95.9 cm³/mol. The molecule has 0 spiro atoms. The summed E-state index contributed by atoms with van der Waals surface area (Å²) < 4.78 is 5.14. The van der Waals surface area contributed by atoms with Gasteiger partial charge in [0.25, 0.3) is 0 Å². The van der Waals surface area contributed by atoms with E-state index in [1.807, 2.05) is 49.4 Å². The first kappa shape index (κ1) is 17.9. The molecule has 0 saturated carbocycles. The van der Waals surface area contributed by atoms with Crippen LogP contribution in [-0.4, -0.2) is 30.2 Å². The van der Waals surface area contributed by atoms with Crippen LogP contribution in [0.1, 0.15) is 18.1 Å². The number of methoxy groups -OCH3 is 1. The fourth-order valence-electron chi connectivity index (χ4n) is 2.31. The van der Waals surface area contributed by atoms with Crippen LogP contribution in [0.5, 0.6) is 5.75 Å². The van der Waals surface area contributed by atoms with Gasteiger partial charge in [-0.15, -0.1) is 11.8 Å². The van der Waals surface area contributed by atoms with E-state index in [2.05, 4.69) is 6.07 Å². The standard InChI is InChI=1S/C19H20N2O2S/c1-14(24-18-9-7-17(23-3)8-10-18)19(22)21(2)13-16-6-4-5-15(11-16)12-20/h4-11,14H,13H2,1-3H3. The Labute approximate surface area is 147 Å². The van der Waals surface area contributed by atoms with Crippen LogP contribution in [0.4, 0.5) is 0 Å². The van der Waals surface area contributed by atoms with Crippen LogP contribution < -0.4 is 4.74 Å². The molecule has 0 bridgehead atoms. The monoisotopic (exact) mass is 340 g/mol. The second-order valence-corrected chi connectivity index (χ2v) is 6.86. The molecule has 0 aliphatic heterocycles. The summed E-state index contributed by atoms with van der Waals surface area (Å²) >= 11 is 1.52. The minimum Gasteiger partial charge on any atom is -0.497 e. The van der Waals surface area contributed by atoms with Crippen LogP contribution in [0.2, 0.25) is 0 Å². The Morgan fingerprint density at radius 2 is 2.00 bits per heavy atom. The van der Waals surface area contributed by atoms with Crippen molar-refractivity contribution in [2.75, 3.05) is 14.2 Å². The Balaban J connectivity index is 1.97. The first-order valence-corrected chi connectivity index (χ1v) is 8.46. The Hall–Kier alpha value is -2.45. The summed E-state index contributed by atoms with van der Waals surface area (Å²) in [6, 6.07) is 17.1. The van der Waals surface area contributed by atoms with Gasteiger partial charge in [0.15, 0.2) is 0 Å². The van der Waals surface area contributed by atoms with Crippen LogP contribution in [0.15, 0.2) is 53.4 Å². The summed E-state index contributed by atoms with van der Waals surface area (Å²) in [5.41, 5.74) is 1.56. The maximum absolute atomic E-state index is 12.5. The van der Waals surface area contributed by atoms with Gasteiger partial charge in [0, 0.05) is 18.5 Å². The van der Waals surface area contributed by atoms with Gasteiger partial charge < -0.3 is 9.64 Å². The molecule has 1 unspecified atom stereocenters. The van der Waals surface area contributed by atoms with E-state index in [0.29, 0.717) is 12.1 Å². The molecule has 5 heteroatoms. The van der Waals surface area contributed by atoms with Crippen molar-refractivity contribution in [3.8, 4) is 11.8 Å². The Kier molecular flexibility index (Phi) is 6.28. The SMILES string of the molecule is COc1ccc(SC(C)C(=O)N(C)Cc2cccc(C#N)c2)cc1. The van der Waals surface area contributed by atoms with E-state index >= 15 is 0 Å². The van der Waals surface area contributed by atoms with Crippen molar-refractivity contribution in [1.82, 2.24) is 4.90 Å². The molecule has 0 heterocycles. The normalized spacial score (nSPS) is 11.4. The maximum atomic E-state index is 12.5. The van der Waals surface area contributed by atoms with E-state index in [1.165, 1.54) is 11.8 Å². The van der Waals surface area contributed by atoms with Crippen LogP contribution >= 0.6 is 11.8 Å². The average molecular weight is 340 g/mol. The molecule has 0 N–H and O–H groups in total. The van der Waals surface area contributed by atoms with E-state index < -0.39 is 0 Å². The average Bonchev–Trinajstić information content (AvgIpc) is 2.61. The number of benzene rings is 2. The van der Waals surface area contributed by atoms with Crippen molar-refractivity contribution in [3.05, 3.63) is 59.7 Å². The summed E-state index contributed by atoms with van der Waals surface area (Å²) in [5, 5.41) is 8.76. The maximum Gasteiger partial charge on any atom is 0.235 e. The number of ether oxygens (including phenoxy) is 1. The highest BCUT2D eigenvalue weighted by molar-refractivity contribution is 8.00. The summed E-state index contributed by atoms with van der Waals surface area (Å²) in [7, 11) is 3.41. The summed E-state index contributed by atoms with van der Waals surface area (Å²) in [6.45, 7) is 2.39. The first-order valence-electron chi connectivity index (χ1n) is 7.58. The van der Waals surface area contributed by atoms with Crippen molar-refractivity contribution in [2.24, 2.45) is 0 Å². The number of hydrogen-bond acceptors (Lipinski definition) is 4. The summed E-state index contributed by atoms with van der Waals surface area (Å²) in [5.74, 6) is 0.853. The van der Waals surface area contributed by atoms with Crippen molar-refractivity contribution in [2.45, 2.75) is 23.6 Å². The molecule has 0 aliphatic rings. The van der Waals surface area contributed by atoms with Gasteiger partial charge in [-0.25, -0.2) is 0 Å². The van der Waals surface area contributed by atoms with Gasteiger partial charge in [-0.05, 0) is 48.9 Å². The zero-order valence-corrected chi connectivity index (χ0v) is 14.8. The van der Waals surface area contributed by atoms with E-state index in [-0.39, 0.29) is 11.2 Å². The number of nitriles is 1. The van der Waals surface area contributed by atoms with Crippen LogP contribution in [0.3, 0.4) is 0 Å². The van der Waals surface area contributed by atoms with E-state index in [0.717, 1.165) is 16.2 Å². The van der Waals surface area contributed by atoms with Crippen molar-refractivity contribution in [3.63, 3.8) is 0 Å². The molecular formula is C19H20N2O2S. The predicted octanol–water partition coefficient (Wildman–Crippen LogP) is 3.71. The van der Waals surface area contributed by atoms with Crippen molar-refractivity contribution >= 4 is 17.7 Å². The smallest absolute Gasteiger partial charge is 0.235 e. The van der Waals surface area contributed by atoms with Crippen molar-refractivity contribution in [1.29, 1.82) is 5.26 Å². The number of hydrogen-bond donors (Lipinski definition) is 0. The third-order valence-electron chi connectivity index (χ3n) is 3.57. The minimum absolute atomic E-state index is 0.0539. The third-order valence-corrected chi connectivity index (χ3v) is 4.67. The summed E-state index contributed by atoms with van der Waals surface area (Å²) in [6.07, 6.45) is 0. The van der Waals surface area contributed by atoms with E-state index in [4.69, 9.17) is 10.00 Å². The van der Waals surface area contributed by atoms with Crippen molar-refractivity contribution < 1.29 is 9.53 Å². The molecule has 4 nitrogen and oxygen atoms in total. The number of thioether (sulfide) groups is 1. The van der Waals surface area contributed by atoms with E-state index in [1.54, 1.807) is 25.1 Å². The van der Waals surface area contributed by atoms with Gasteiger partial charge in [0.05, 0.1) is 24.0 Å². The largest absolute Gasteiger partial charge is 0.497 e. The lowest BCUT2D eigenvalue weighted by Crippen LogP contribution is -2.32. The first-order chi connectivity index (χ1) is 11.5. The lowest BCUT2D eigenvalue weighted by Gasteiger charge is -2.21. The third kappa shape index (κ3) is 4.77. The quantitative estimate of drug-likeness (QED) is 0.752. The molecule has 2 rings (SSSR count). The van der Waals surface area contributed by atoms with Gasteiger partial charge in [0.2, 0.25) is 5.91 Å². The van der Waals surface area contributed by atoms with Gasteiger partial charge in [-0.2, -0.15) is 5.26 Å². The molecule has 2 aromatic carbocycles. The van der Waals surface area contributed by atoms with Crippen LogP contribution in [0.25, 0.3) is 0 Å². The van der Waals surface area contributed by atoms with E-state index in [9.17, 15) is 4.79 Å². The molecule has 24 heavy (non-hydrogen) atoms. The topological polar surface area (TPSA) is 53.3 Å². The molecular weight excluding hydrogens is 320 g/mol. The molecule has 0 saturated heterocycles. The highest BCUT2D eigenvalue weighted by Crippen LogP contribution is 2.26. The van der Waals surface area contributed by atoms with Gasteiger partial charge in [-0.1, -0.05) is 12.1 Å². The second-order valence-electron chi connectivity index (χ2n) is 5.44. The summed E-state index contributed by atoms with van der Waals surface area (Å²) in [4.78, 5) is 15.3. The zero-order chi connectivity index (χ0) is 17.5. The number of rotatable bonds is 6. The highest BCUT2D eigenvalue weighted by Gasteiger charge is 2.19. The fourth-order valence-corrected chi connectivity index (χ4v) is 3.29. The van der Waals surface area contributed by atoms with Gasteiger partial charge in [0.1, 0.15) is 5.75 Å². The fraction of sp³-hybridized carbons (Fsp3) is 0.263. The molecule has 1 atom stereocenters. The number of carbonyl (C=O) groups excluding carboxylic acids is 1. The molecule has 0 aliphatic carbocycles. The molecule has 2 aromatic rings. The number of nitrogens with zero attached hydrogens (tertiary/aromatic N) is 2. The van der Waals surface area contributed by atoms with Gasteiger partial charge in [-0.3, -0.25) is 4.79 Å². The lowest BCUT2D eigenvalue weighted by atomic mass is 10.1. The minimum atomic E-state index is -0.192. The highest BCUT2D eigenvalue weighted by atomic mass is 32.2. The second kappa shape index (κ2) is 8.42. The van der Waals surface area contributed by atoms with Crippen LogP contribution in [-0.2, 0) is 11.3 Å². The Morgan fingerprint density at radius 3 is 2.62 bits per heavy atom. The molecule has 0 radical (unpaired) electrons. The molecule has 0 fully saturated rings. The van der Waals surface area contributed by atoms with Crippen LogP contribution in [0, 0.1) is 11.3 Å². The number of amides is 1.